The number of rotatable bonds is 7. The summed E-state index contributed by atoms with van der Waals surface area (Å²) in [6, 6.07) is 22.4. The van der Waals surface area contributed by atoms with E-state index < -0.39 is 0 Å². The van der Waals surface area contributed by atoms with Gasteiger partial charge in [0, 0.05) is 28.0 Å². The van der Waals surface area contributed by atoms with E-state index in [9.17, 15) is 14.0 Å². The molecule has 194 valence electrons. The van der Waals surface area contributed by atoms with Crippen molar-refractivity contribution in [3.63, 3.8) is 0 Å². The van der Waals surface area contributed by atoms with Crippen molar-refractivity contribution in [2.75, 3.05) is 13.1 Å². The lowest BCUT2D eigenvalue weighted by Gasteiger charge is -2.38. The second-order valence-electron chi connectivity index (χ2n) is 9.24. The third kappa shape index (κ3) is 5.93. The maximum atomic E-state index is 13.9. The number of nitrogens with zero attached hydrogens (tertiary/aromatic N) is 2. The highest BCUT2D eigenvalue weighted by Crippen LogP contribution is 2.41. The topological polar surface area (TPSA) is 40.6 Å². The Bertz CT molecular complexity index is 1440. The Hall–Kier alpha value is -3.19. The van der Waals surface area contributed by atoms with E-state index >= 15 is 0 Å². The SMILES string of the molecule is O=C(Cc1ccccc1)N(CC(=O)N1CCc2sccc2C1c1ccc(Cl)cc1Cl)Cc1ccc(F)cc1. The minimum absolute atomic E-state index is 0.107. The van der Waals surface area contributed by atoms with Gasteiger partial charge in [0.15, 0.2) is 0 Å². The zero-order valence-electron chi connectivity index (χ0n) is 20.4. The number of hydrogen-bond donors (Lipinski definition) is 0. The molecule has 1 aliphatic rings. The highest BCUT2D eigenvalue weighted by atomic mass is 35.5. The van der Waals surface area contributed by atoms with Crippen LogP contribution in [0.1, 0.15) is 33.2 Å². The summed E-state index contributed by atoms with van der Waals surface area (Å²) in [5.74, 6) is -0.709. The van der Waals surface area contributed by atoms with Crippen molar-refractivity contribution in [2.24, 2.45) is 0 Å². The molecule has 0 bridgehead atoms. The van der Waals surface area contributed by atoms with Crippen molar-refractivity contribution < 1.29 is 14.0 Å². The van der Waals surface area contributed by atoms with Gasteiger partial charge in [-0.1, -0.05) is 71.7 Å². The average molecular weight is 568 g/mol. The van der Waals surface area contributed by atoms with Gasteiger partial charge in [-0.15, -0.1) is 11.3 Å². The molecular weight excluding hydrogens is 542 g/mol. The molecular formula is C30H25Cl2FN2O2S. The Balaban J connectivity index is 1.44. The van der Waals surface area contributed by atoms with Crippen LogP contribution in [0, 0.1) is 5.82 Å². The molecule has 4 nitrogen and oxygen atoms in total. The molecule has 2 amide bonds. The molecule has 5 rings (SSSR count). The first kappa shape index (κ1) is 26.4. The predicted octanol–water partition coefficient (Wildman–Crippen LogP) is 6.94. The molecule has 3 aromatic carbocycles. The normalized spacial score (nSPS) is 14.7. The molecule has 0 spiro atoms. The first-order valence-electron chi connectivity index (χ1n) is 12.3. The number of carbonyl (C=O) groups excluding carboxylic acids is 2. The standard InChI is InChI=1S/C30H25Cl2FN2O2S/c31-22-8-11-24(26(32)17-22)30-25-13-15-38-27(25)12-14-35(30)29(37)19-34(18-21-6-9-23(33)10-7-21)28(36)16-20-4-2-1-3-5-20/h1-11,13,15,17,30H,12,14,16,18-19H2. The van der Waals surface area contributed by atoms with Gasteiger partial charge in [-0.25, -0.2) is 4.39 Å². The first-order valence-corrected chi connectivity index (χ1v) is 13.9. The summed E-state index contributed by atoms with van der Waals surface area (Å²) in [7, 11) is 0. The average Bonchev–Trinajstić information content (AvgIpc) is 3.39. The fraction of sp³-hybridized carbons (Fsp3) is 0.200. The van der Waals surface area contributed by atoms with Crippen LogP contribution in [0.4, 0.5) is 4.39 Å². The van der Waals surface area contributed by atoms with Crippen molar-refractivity contribution >= 4 is 46.4 Å². The van der Waals surface area contributed by atoms with Crippen LogP contribution >= 0.6 is 34.5 Å². The van der Waals surface area contributed by atoms with Crippen LogP contribution in [0.3, 0.4) is 0 Å². The molecule has 1 aromatic heterocycles. The highest BCUT2D eigenvalue weighted by Gasteiger charge is 2.35. The summed E-state index contributed by atoms with van der Waals surface area (Å²) >= 11 is 14.4. The number of hydrogen-bond acceptors (Lipinski definition) is 3. The fourth-order valence-electron chi connectivity index (χ4n) is 4.82. The van der Waals surface area contributed by atoms with Gasteiger partial charge in [0.05, 0.1) is 12.5 Å². The Labute approximate surface area is 235 Å². The molecule has 1 unspecified atom stereocenters. The smallest absolute Gasteiger partial charge is 0.243 e. The second kappa shape index (κ2) is 11.7. The summed E-state index contributed by atoms with van der Waals surface area (Å²) in [5, 5.41) is 3.04. The van der Waals surface area contributed by atoms with Crippen LogP contribution in [0.15, 0.2) is 84.2 Å². The number of amides is 2. The molecule has 0 aliphatic carbocycles. The van der Waals surface area contributed by atoms with Gasteiger partial charge in [-0.3, -0.25) is 9.59 Å². The quantitative estimate of drug-likeness (QED) is 0.243. The van der Waals surface area contributed by atoms with Crippen LogP contribution in [0.25, 0.3) is 0 Å². The highest BCUT2D eigenvalue weighted by molar-refractivity contribution is 7.10. The molecule has 2 heterocycles. The number of halogens is 3. The monoisotopic (exact) mass is 566 g/mol. The van der Waals surface area contributed by atoms with Gasteiger partial charge < -0.3 is 9.80 Å². The first-order chi connectivity index (χ1) is 18.4. The Morgan fingerprint density at radius 1 is 0.947 bits per heavy atom. The summed E-state index contributed by atoms with van der Waals surface area (Å²) in [4.78, 5) is 31.9. The fourth-order valence-corrected chi connectivity index (χ4v) is 6.24. The third-order valence-corrected chi connectivity index (χ3v) is 8.27. The van der Waals surface area contributed by atoms with Crippen LogP contribution in [-0.2, 0) is 29.0 Å². The van der Waals surface area contributed by atoms with Gasteiger partial charge in [-0.2, -0.15) is 0 Å². The molecule has 1 aliphatic heterocycles. The van der Waals surface area contributed by atoms with E-state index in [-0.39, 0.29) is 43.2 Å². The van der Waals surface area contributed by atoms with Gasteiger partial charge in [-0.05, 0) is 64.4 Å². The molecule has 0 fully saturated rings. The van der Waals surface area contributed by atoms with Crippen molar-refractivity contribution in [1.82, 2.24) is 9.80 Å². The lowest BCUT2D eigenvalue weighted by atomic mass is 9.93. The van der Waals surface area contributed by atoms with Crippen LogP contribution in [0.2, 0.25) is 10.0 Å². The molecule has 38 heavy (non-hydrogen) atoms. The van der Waals surface area contributed by atoms with E-state index in [4.69, 9.17) is 23.2 Å². The van der Waals surface area contributed by atoms with Crippen LogP contribution in [0.5, 0.6) is 0 Å². The van der Waals surface area contributed by atoms with E-state index in [1.165, 1.54) is 17.0 Å². The molecule has 0 radical (unpaired) electrons. The van der Waals surface area contributed by atoms with Gasteiger partial charge in [0.1, 0.15) is 12.4 Å². The summed E-state index contributed by atoms with van der Waals surface area (Å²) < 4.78 is 13.5. The summed E-state index contributed by atoms with van der Waals surface area (Å²) in [5.41, 5.74) is 3.45. The zero-order chi connectivity index (χ0) is 26.6. The Morgan fingerprint density at radius 3 is 2.45 bits per heavy atom. The van der Waals surface area contributed by atoms with Gasteiger partial charge in [0.2, 0.25) is 11.8 Å². The van der Waals surface area contributed by atoms with E-state index in [0.717, 1.165) is 28.7 Å². The molecule has 8 heteroatoms. The zero-order valence-corrected chi connectivity index (χ0v) is 22.8. The number of fused-ring (bicyclic) bond motifs is 1. The summed E-state index contributed by atoms with van der Waals surface area (Å²) in [6.45, 7) is 0.596. The van der Waals surface area contributed by atoms with E-state index in [0.29, 0.717) is 16.6 Å². The molecule has 1 atom stereocenters. The van der Waals surface area contributed by atoms with Gasteiger partial charge >= 0.3 is 0 Å². The minimum Gasteiger partial charge on any atom is -0.330 e. The Morgan fingerprint density at radius 2 is 1.71 bits per heavy atom. The third-order valence-electron chi connectivity index (χ3n) is 6.71. The largest absolute Gasteiger partial charge is 0.330 e. The minimum atomic E-state index is -0.376. The van der Waals surface area contributed by atoms with Crippen LogP contribution in [-0.4, -0.2) is 34.7 Å². The molecule has 0 saturated carbocycles. The van der Waals surface area contributed by atoms with Crippen molar-refractivity contribution in [3.05, 3.63) is 127 Å². The number of carbonyl (C=O) groups is 2. The van der Waals surface area contributed by atoms with Gasteiger partial charge in [0.25, 0.3) is 0 Å². The molecule has 0 saturated heterocycles. The number of thiophene rings is 1. The number of benzene rings is 3. The second-order valence-corrected chi connectivity index (χ2v) is 11.1. The van der Waals surface area contributed by atoms with E-state index in [2.05, 4.69) is 0 Å². The Kier molecular flexibility index (Phi) is 8.12. The molecule has 4 aromatic rings. The van der Waals surface area contributed by atoms with E-state index in [1.807, 2.05) is 47.8 Å². The maximum absolute atomic E-state index is 13.9. The maximum Gasteiger partial charge on any atom is 0.243 e. The lowest BCUT2D eigenvalue weighted by Crippen LogP contribution is -2.47. The van der Waals surface area contributed by atoms with Crippen molar-refractivity contribution in [3.8, 4) is 0 Å². The summed E-state index contributed by atoms with van der Waals surface area (Å²) in [6.07, 6.45) is 0.896. The van der Waals surface area contributed by atoms with E-state index in [1.54, 1.807) is 45.4 Å². The van der Waals surface area contributed by atoms with Crippen molar-refractivity contribution in [2.45, 2.75) is 25.4 Å². The van der Waals surface area contributed by atoms with Crippen molar-refractivity contribution in [1.29, 1.82) is 0 Å². The van der Waals surface area contributed by atoms with Crippen LogP contribution < -0.4 is 0 Å². The molecule has 0 N–H and O–H groups in total. The predicted molar refractivity (Wildman–Crippen MR) is 150 cm³/mol. The lowest BCUT2D eigenvalue weighted by molar-refractivity contribution is -0.142.